The van der Waals surface area contributed by atoms with Gasteiger partial charge in [-0.15, -0.1) is 0 Å². The Morgan fingerprint density at radius 2 is 1.53 bits per heavy atom. The number of halogens is 3. The Morgan fingerprint density at radius 3 is 2.11 bits per heavy atom. The molecule has 2 aliphatic rings. The van der Waals surface area contributed by atoms with Crippen LogP contribution in [0.2, 0.25) is 0 Å². The van der Waals surface area contributed by atoms with Gasteiger partial charge in [-0.05, 0) is 49.9 Å². The Hall–Kier alpha value is -0.250. The standard InChI is InChI=1S/C15H26F3N/c1-10-4-2-5-11(8-10)14(19)12-6-3-7-13(9-12)15(16,17)18/h10-14H,2-9,19H2,1H3. The van der Waals surface area contributed by atoms with E-state index < -0.39 is 12.1 Å². The van der Waals surface area contributed by atoms with Gasteiger partial charge in [0.25, 0.3) is 0 Å². The SMILES string of the molecule is CC1CCCC(C(N)C2CCCC(C(F)(F)F)C2)C1. The van der Waals surface area contributed by atoms with E-state index in [4.69, 9.17) is 5.73 Å². The molecule has 2 fully saturated rings. The zero-order valence-electron chi connectivity index (χ0n) is 11.8. The van der Waals surface area contributed by atoms with Crippen LogP contribution in [0.3, 0.4) is 0 Å². The quantitative estimate of drug-likeness (QED) is 0.789. The van der Waals surface area contributed by atoms with Gasteiger partial charge in [-0.3, -0.25) is 0 Å². The smallest absolute Gasteiger partial charge is 0.327 e. The molecule has 0 bridgehead atoms. The van der Waals surface area contributed by atoms with Gasteiger partial charge in [0.2, 0.25) is 0 Å². The molecular weight excluding hydrogens is 251 g/mol. The Labute approximate surface area is 114 Å². The summed E-state index contributed by atoms with van der Waals surface area (Å²) in [7, 11) is 0. The lowest BCUT2D eigenvalue weighted by Crippen LogP contribution is -2.43. The Bertz CT molecular complexity index is 290. The second kappa shape index (κ2) is 6.02. The predicted molar refractivity (Wildman–Crippen MR) is 70.6 cm³/mol. The third-order valence-electron chi connectivity index (χ3n) is 5.24. The molecule has 0 radical (unpaired) electrons. The van der Waals surface area contributed by atoms with Crippen LogP contribution in [-0.4, -0.2) is 12.2 Å². The zero-order valence-corrected chi connectivity index (χ0v) is 11.8. The molecule has 2 N–H and O–H groups in total. The molecule has 2 aliphatic carbocycles. The largest absolute Gasteiger partial charge is 0.391 e. The van der Waals surface area contributed by atoms with E-state index >= 15 is 0 Å². The minimum absolute atomic E-state index is 0.0205. The Morgan fingerprint density at radius 1 is 0.947 bits per heavy atom. The maximum Gasteiger partial charge on any atom is 0.391 e. The fourth-order valence-electron chi connectivity index (χ4n) is 4.09. The molecular formula is C15H26F3N. The third-order valence-corrected chi connectivity index (χ3v) is 5.24. The normalized spacial score (nSPS) is 39.0. The molecule has 4 heteroatoms. The van der Waals surface area contributed by atoms with Crippen molar-refractivity contribution in [2.24, 2.45) is 29.4 Å². The second-order valence-electron chi connectivity index (χ2n) is 6.77. The van der Waals surface area contributed by atoms with Crippen molar-refractivity contribution in [1.29, 1.82) is 0 Å². The topological polar surface area (TPSA) is 26.0 Å². The summed E-state index contributed by atoms with van der Waals surface area (Å²) < 4.78 is 38.5. The predicted octanol–water partition coefficient (Wildman–Crippen LogP) is 4.51. The summed E-state index contributed by atoms with van der Waals surface area (Å²) >= 11 is 0. The Kier molecular flexibility index (Phi) is 4.80. The summed E-state index contributed by atoms with van der Waals surface area (Å²) in [6.07, 6.45) is 2.76. The minimum atomic E-state index is -4.03. The van der Waals surface area contributed by atoms with Crippen molar-refractivity contribution in [3.8, 4) is 0 Å². The fourth-order valence-corrected chi connectivity index (χ4v) is 4.09. The number of nitrogens with two attached hydrogens (primary N) is 1. The molecule has 5 atom stereocenters. The highest BCUT2D eigenvalue weighted by molar-refractivity contribution is 4.88. The summed E-state index contributed by atoms with van der Waals surface area (Å²) in [5.74, 6) is 0.0986. The molecule has 0 aromatic carbocycles. The lowest BCUT2D eigenvalue weighted by molar-refractivity contribution is -0.186. The average molecular weight is 277 g/mol. The van der Waals surface area contributed by atoms with Gasteiger partial charge in [-0.25, -0.2) is 0 Å². The molecule has 2 saturated carbocycles. The van der Waals surface area contributed by atoms with Crippen molar-refractivity contribution in [3.63, 3.8) is 0 Å². The minimum Gasteiger partial charge on any atom is -0.327 e. The fraction of sp³-hybridized carbons (Fsp3) is 1.00. The molecule has 0 aromatic rings. The van der Waals surface area contributed by atoms with Crippen molar-refractivity contribution in [2.75, 3.05) is 0 Å². The van der Waals surface area contributed by atoms with Crippen molar-refractivity contribution >= 4 is 0 Å². The highest BCUT2D eigenvalue weighted by atomic mass is 19.4. The number of rotatable bonds is 2. The van der Waals surface area contributed by atoms with Crippen LogP contribution in [0, 0.1) is 23.7 Å². The lowest BCUT2D eigenvalue weighted by Gasteiger charge is -2.39. The molecule has 0 spiro atoms. The van der Waals surface area contributed by atoms with E-state index in [0.29, 0.717) is 24.7 Å². The number of alkyl halides is 3. The van der Waals surface area contributed by atoms with Gasteiger partial charge in [-0.1, -0.05) is 26.2 Å². The molecule has 0 aliphatic heterocycles. The first-order valence-corrected chi connectivity index (χ1v) is 7.70. The van der Waals surface area contributed by atoms with Crippen LogP contribution in [0.25, 0.3) is 0 Å². The zero-order chi connectivity index (χ0) is 14.0. The van der Waals surface area contributed by atoms with Crippen LogP contribution >= 0.6 is 0 Å². The van der Waals surface area contributed by atoms with E-state index in [-0.39, 0.29) is 18.4 Å². The molecule has 112 valence electrons. The number of hydrogen-bond donors (Lipinski definition) is 1. The molecule has 2 rings (SSSR count). The monoisotopic (exact) mass is 277 g/mol. The van der Waals surface area contributed by atoms with Crippen molar-refractivity contribution in [1.82, 2.24) is 0 Å². The van der Waals surface area contributed by atoms with E-state index in [2.05, 4.69) is 6.92 Å². The van der Waals surface area contributed by atoms with Crippen LogP contribution < -0.4 is 5.73 Å². The van der Waals surface area contributed by atoms with E-state index in [9.17, 15) is 13.2 Å². The number of hydrogen-bond acceptors (Lipinski definition) is 1. The first kappa shape index (κ1) is 15.1. The van der Waals surface area contributed by atoms with Crippen LogP contribution in [0.1, 0.15) is 58.3 Å². The maximum absolute atomic E-state index is 12.8. The Balaban J connectivity index is 1.93. The van der Waals surface area contributed by atoms with Gasteiger partial charge in [-0.2, -0.15) is 13.2 Å². The average Bonchev–Trinajstić information content (AvgIpc) is 2.37. The lowest BCUT2D eigenvalue weighted by atomic mass is 9.70. The van der Waals surface area contributed by atoms with Crippen molar-refractivity contribution in [3.05, 3.63) is 0 Å². The van der Waals surface area contributed by atoms with Crippen molar-refractivity contribution < 1.29 is 13.2 Å². The van der Waals surface area contributed by atoms with E-state index in [1.165, 1.54) is 12.8 Å². The molecule has 5 unspecified atom stereocenters. The highest BCUT2D eigenvalue weighted by Crippen LogP contribution is 2.43. The molecule has 0 amide bonds. The summed E-state index contributed by atoms with van der Waals surface area (Å²) in [6, 6.07) is -0.0205. The summed E-state index contributed by atoms with van der Waals surface area (Å²) in [4.78, 5) is 0. The van der Waals surface area contributed by atoms with Gasteiger partial charge < -0.3 is 5.73 Å². The van der Waals surface area contributed by atoms with Crippen molar-refractivity contribution in [2.45, 2.75) is 70.5 Å². The van der Waals surface area contributed by atoms with Gasteiger partial charge in [0.05, 0.1) is 5.92 Å². The van der Waals surface area contributed by atoms with Crippen LogP contribution in [0.15, 0.2) is 0 Å². The van der Waals surface area contributed by atoms with Gasteiger partial charge in [0.15, 0.2) is 0 Å². The van der Waals surface area contributed by atoms with E-state index in [1.807, 2.05) is 0 Å². The summed E-state index contributed by atoms with van der Waals surface area (Å²) in [5.41, 5.74) is 6.32. The van der Waals surface area contributed by atoms with Crippen LogP contribution in [0.4, 0.5) is 13.2 Å². The van der Waals surface area contributed by atoms with Gasteiger partial charge in [0.1, 0.15) is 0 Å². The van der Waals surface area contributed by atoms with E-state index in [0.717, 1.165) is 19.3 Å². The second-order valence-corrected chi connectivity index (χ2v) is 6.77. The molecule has 0 heterocycles. The first-order valence-electron chi connectivity index (χ1n) is 7.70. The molecule has 0 saturated heterocycles. The van der Waals surface area contributed by atoms with Crippen LogP contribution in [0.5, 0.6) is 0 Å². The summed E-state index contributed by atoms with van der Waals surface area (Å²) in [6.45, 7) is 2.23. The molecule has 19 heavy (non-hydrogen) atoms. The highest BCUT2D eigenvalue weighted by Gasteiger charge is 2.44. The van der Waals surface area contributed by atoms with Gasteiger partial charge in [0, 0.05) is 6.04 Å². The maximum atomic E-state index is 12.8. The van der Waals surface area contributed by atoms with Crippen LogP contribution in [-0.2, 0) is 0 Å². The first-order chi connectivity index (χ1) is 8.88. The summed E-state index contributed by atoms with van der Waals surface area (Å²) in [5, 5.41) is 0. The molecule has 0 aromatic heterocycles. The molecule has 1 nitrogen and oxygen atoms in total. The third kappa shape index (κ3) is 3.87. The van der Waals surface area contributed by atoms with Gasteiger partial charge >= 0.3 is 6.18 Å². The van der Waals surface area contributed by atoms with E-state index in [1.54, 1.807) is 0 Å².